The van der Waals surface area contributed by atoms with Crippen LogP contribution in [-0.4, -0.2) is 12.9 Å². The van der Waals surface area contributed by atoms with E-state index in [9.17, 15) is 9.18 Å². The maximum absolute atomic E-state index is 13.2. The summed E-state index contributed by atoms with van der Waals surface area (Å²) in [5, 5.41) is 0. The number of ether oxygens (including phenoxy) is 1. The Kier molecular flexibility index (Phi) is 4.34. The first-order chi connectivity index (χ1) is 8.70. The van der Waals surface area contributed by atoms with Crippen LogP contribution in [0.25, 0.3) is 0 Å². The van der Waals surface area contributed by atoms with E-state index in [0.29, 0.717) is 23.7 Å². The second-order valence-corrected chi connectivity index (χ2v) is 4.96. The van der Waals surface area contributed by atoms with Gasteiger partial charge in [0, 0.05) is 6.42 Å². The molecule has 1 aliphatic carbocycles. The molecule has 0 bridgehead atoms. The van der Waals surface area contributed by atoms with Gasteiger partial charge < -0.3 is 4.74 Å². The van der Waals surface area contributed by atoms with Crippen molar-refractivity contribution in [1.82, 2.24) is 0 Å². The van der Waals surface area contributed by atoms with Crippen LogP contribution in [0.3, 0.4) is 0 Å². The summed E-state index contributed by atoms with van der Waals surface area (Å²) in [6.45, 7) is 0. The second kappa shape index (κ2) is 5.98. The number of carbonyl (C=O) groups excluding carboxylic acids is 1. The molecule has 0 aromatic heterocycles. The van der Waals surface area contributed by atoms with E-state index in [1.807, 2.05) is 0 Å². The van der Waals surface area contributed by atoms with Gasteiger partial charge in [-0.05, 0) is 30.5 Å². The summed E-state index contributed by atoms with van der Waals surface area (Å²) in [4.78, 5) is 12.1. The molecule has 0 spiro atoms. The van der Waals surface area contributed by atoms with E-state index in [1.54, 1.807) is 0 Å². The van der Waals surface area contributed by atoms with Crippen LogP contribution >= 0.6 is 0 Å². The molecule has 18 heavy (non-hydrogen) atoms. The molecular formula is C15H19FO2. The summed E-state index contributed by atoms with van der Waals surface area (Å²) in [5.74, 6) is 0.736. The van der Waals surface area contributed by atoms with Crippen molar-refractivity contribution in [3.8, 4) is 5.75 Å². The molecule has 2 nitrogen and oxygen atoms in total. The van der Waals surface area contributed by atoms with Crippen molar-refractivity contribution in [2.45, 2.75) is 38.5 Å². The van der Waals surface area contributed by atoms with Crippen molar-refractivity contribution >= 4 is 5.78 Å². The van der Waals surface area contributed by atoms with Gasteiger partial charge in [-0.15, -0.1) is 0 Å². The highest BCUT2D eigenvalue weighted by Gasteiger charge is 2.18. The molecule has 3 heteroatoms. The standard InChI is InChI=1S/C15H19FO2/c1-18-15-9-7-12(16)10-13(15)14(17)8-6-11-4-2-3-5-11/h7,9-11H,2-6,8H2,1H3. The fourth-order valence-corrected chi connectivity index (χ4v) is 2.67. The molecule has 0 atom stereocenters. The number of methoxy groups -OCH3 is 1. The van der Waals surface area contributed by atoms with Gasteiger partial charge in [-0.1, -0.05) is 25.7 Å². The van der Waals surface area contributed by atoms with Crippen LogP contribution in [0.15, 0.2) is 18.2 Å². The van der Waals surface area contributed by atoms with E-state index in [0.717, 1.165) is 6.42 Å². The lowest BCUT2D eigenvalue weighted by Gasteiger charge is -2.10. The Morgan fingerprint density at radius 3 is 2.78 bits per heavy atom. The molecule has 1 aromatic carbocycles. The molecule has 0 N–H and O–H groups in total. The Morgan fingerprint density at radius 2 is 2.11 bits per heavy atom. The molecule has 0 heterocycles. The minimum atomic E-state index is -0.389. The number of Topliss-reactive ketones (excluding diaryl/α,β-unsaturated/α-hetero) is 1. The first-order valence-corrected chi connectivity index (χ1v) is 6.57. The van der Waals surface area contributed by atoms with Crippen molar-refractivity contribution in [3.63, 3.8) is 0 Å². The van der Waals surface area contributed by atoms with Gasteiger partial charge in [-0.2, -0.15) is 0 Å². The zero-order chi connectivity index (χ0) is 13.0. The van der Waals surface area contributed by atoms with Crippen molar-refractivity contribution in [3.05, 3.63) is 29.6 Å². The molecule has 1 aliphatic rings. The van der Waals surface area contributed by atoms with Crippen molar-refractivity contribution in [2.75, 3.05) is 7.11 Å². The lowest BCUT2D eigenvalue weighted by Crippen LogP contribution is -2.05. The van der Waals surface area contributed by atoms with Gasteiger partial charge in [0.15, 0.2) is 5.78 Å². The first kappa shape index (κ1) is 13.1. The van der Waals surface area contributed by atoms with Gasteiger partial charge in [0.25, 0.3) is 0 Å². The molecule has 1 aromatic rings. The van der Waals surface area contributed by atoms with Gasteiger partial charge >= 0.3 is 0 Å². The van der Waals surface area contributed by atoms with Crippen LogP contribution < -0.4 is 4.74 Å². The number of rotatable bonds is 5. The molecule has 0 amide bonds. The fourth-order valence-electron chi connectivity index (χ4n) is 2.67. The average Bonchev–Trinajstić information content (AvgIpc) is 2.89. The number of benzene rings is 1. The highest BCUT2D eigenvalue weighted by molar-refractivity contribution is 5.98. The fraction of sp³-hybridized carbons (Fsp3) is 0.533. The van der Waals surface area contributed by atoms with Crippen molar-refractivity contribution < 1.29 is 13.9 Å². The van der Waals surface area contributed by atoms with E-state index in [2.05, 4.69) is 0 Å². The number of hydrogen-bond donors (Lipinski definition) is 0. The largest absolute Gasteiger partial charge is 0.496 e. The van der Waals surface area contributed by atoms with Crippen LogP contribution in [-0.2, 0) is 0 Å². The van der Waals surface area contributed by atoms with E-state index in [-0.39, 0.29) is 11.6 Å². The van der Waals surface area contributed by atoms with Gasteiger partial charge in [-0.3, -0.25) is 4.79 Å². The van der Waals surface area contributed by atoms with E-state index >= 15 is 0 Å². The normalized spacial score (nSPS) is 15.9. The number of carbonyl (C=O) groups is 1. The predicted octanol–water partition coefficient (Wildman–Crippen LogP) is 3.99. The van der Waals surface area contributed by atoms with E-state index < -0.39 is 0 Å². The first-order valence-electron chi connectivity index (χ1n) is 6.57. The van der Waals surface area contributed by atoms with Gasteiger partial charge in [0.2, 0.25) is 0 Å². The Labute approximate surface area is 107 Å². The maximum atomic E-state index is 13.2. The third-order valence-corrected chi connectivity index (χ3v) is 3.72. The Hall–Kier alpha value is -1.38. The monoisotopic (exact) mass is 250 g/mol. The number of halogens is 1. The highest BCUT2D eigenvalue weighted by atomic mass is 19.1. The summed E-state index contributed by atoms with van der Waals surface area (Å²) in [6.07, 6.45) is 6.42. The molecular weight excluding hydrogens is 231 g/mol. The Balaban J connectivity index is 2.00. The third kappa shape index (κ3) is 3.09. The second-order valence-electron chi connectivity index (χ2n) is 4.96. The van der Waals surface area contributed by atoms with Crippen molar-refractivity contribution in [2.24, 2.45) is 5.92 Å². The SMILES string of the molecule is COc1ccc(F)cc1C(=O)CCC1CCCC1. The topological polar surface area (TPSA) is 26.3 Å². The summed E-state index contributed by atoms with van der Waals surface area (Å²) in [7, 11) is 1.50. The van der Waals surface area contributed by atoms with Crippen LogP contribution in [0.5, 0.6) is 5.75 Å². The van der Waals surface area contributed by atoms with Gasteiger partial charge in [-0.25, -0.2) is 4.39 Å². The van der Waals surface area contributed by atoms with Crippen LogP contribution in [0.2, 0.25) is 0 Å². The summed E-state index contributed by atoms with van der Waals surface area (Å²) in [6, 6.07) is 4.10. The smallest absolute Gasteiger partial charge is 0.166 e. The molecule has 1 fully saturated rings. The molecule has 0 saturated heterocycles. The zero-order valence-corrected chi connectivity index (χ0v) is 10.7. The summed E-state index contributed by atoms with van der Waals surface area (Å²) >= 11 is 0. The van der Waals surface area contributed by atoms with E-state index in [4.69, 9.17) is 4.74 Å². The van der Waals surface area contributed by atoms with Crippen molar-refractivity contribution in [1.29, 1.82) is 0 Å². The maximum Gasteiger partial charge on any atom is 0.166 e. The summed E-state index contributed by atoms with van der Waals surface area (Å²) in [5.41, 5.74) is 0.371. The zero-order valence-electron chi connectivity index (χ0n) is 10.7. The molecule has 1 saturated carbocycles. The Morgan fingerprint density at radius 1 is 1.39 bits per heavy atom. The number of hydrogen-bond acceptors (Lipinski definition) is 2. The minimum Gasteiger partial charge on any atom is -0.496 e. The Bertz CT molecular complexity index is 423. The van der Waals surface area contributed by atoms with Crippen LogP contribution in [0.4, 0.5) is 4.39 Å². The lowest BCUT2D eigenvalue weighted by atomic mass is 9.97. The minimum absolute atomic E-state index is 0.0155. The van der Waals surface area contributed by atoms with Crippen LogP contribution in [0.1, 0.15) is 48.9 Å². The number of ketones is 1. The average molecular weight is 250 g/mol. The molecule has 98 valence electrons. The van der Waals surface area contributed by atoms with Gasteiger partial charge in [0.05, 0.1) is 12.7 Å². The predicted molar refractivity (Wildman–Crippen MR) is 68.5 cm³/mol. The molecule has 0 unspecified atom stereocenters. The van der Waals surface area contributed by atoms with Crippen LogP contribution in [0, 0.1) is 11.7 Å². The molecule has 2 rings (SSSR count). The lowest BCUT2D eigenvalue weighted by molar-refractivity contribution is 0.0970. The van der Waals surface area contributed by atoms with Gasteiger partial charge in [0.1, 0.15) is 11.6 Å². The third-order valence-electron chi connectivity index (χ3n) is 3.72. The molecule has 0 radical (unpaired) electrons. The summed E-state index contributed by atoms with van der Waals surface area (Å²) < 4.78 is 18.3. The van der Waals surface area contributed by atoms with E-state index in [1.165, 1.54) is 51.0 Å². The quantitative estimate of drug-likeness (QED) is 0.739. The highest BCUT2D eigenvalue weighted by Crippen LogP contribution is 2.30. The molecule has 0 aliphatic heterocycles.